The number of nitrogens with one attached hydrogen (secondary N) is 1. The Hall–Kier alpha value is -1.72. The fraction of sp³-hybridized carbons (Fsp3) is 0. The fourth-order valence-corrected chi connectivity index (χ4v) is 1.73. The standard InChI is InChI=1S/C12H6Cl2F2N2O/c13-6-1-2-9(16)10(3-6)18-12(19)8-4-7(15)5-17-11(8)14/h1-5H,(H,18,19). The summed E-state index contributed by atoms with van der Waals surface area (Å²) in [6.07, 6.45) is 0.874. The molecule has 0 fully saturated rings. The van der Waals surface area contributed by atoms with E-state index in [1.165, 1.54) is 12.1 Å². The van der Waals surface area contributed by atoms with Gasteiger partial charge in [-0.2, -0.15) is 0 Å². The van der Waals surface area contributed by atoms with Crippen LogP contribution in [0.3, 0.4) is 0 Å². The average molecular weight is 303 g/mol. The number of carbonyl (C=O) groups excluding carboxylic acids is 1. The molecule has 1 amide bonds. The zero-order chi connectivity index (χ0) is 14.0. The predicted octanol–water partition coefficient (Wildman–Crippen LogP) is 3.92. The first-order valence-electron chi connectivity index (χ1n) is 5.05. The molecule has 0 bridgehead atoms. The summed E-state index contributed by atoms with van der Waals surface area (Å²) < 4.78 is 26.4. The third-order valence-corrected chi connectivity index (χ3v) is 2.76. The van der Waals surface area contributed by atoms with E-state index in [9.17, 15) is 13.6 Å². The number of anilines is 1. The van der Waals surface area contributed by atoms with Crippen LogP contribution in [-0.2, 0) is 0 Å². The molecule has 98 valence electrons. The van der Waals surface area contributed by atoms with Gasteiger partial charge in [0, 0.05) is 5.02 Å². The van der Waals surface area contributed by atoms with Crippen molar-refractivity contribution in [3.05, 3.63) is 57.8 Å². The van der Waals surface area contributed by atoms with Gasteiger partial charge >= 0.3 is 0 Å². The van der Waals surface area contributed by atoms with Gasteiger partial charge in [-0.3, -0.25) is 4.79 Å². The van der Waals surface area contributed by atoms with Crippen molar-refractivity contribution in [2.75, 3.05) is 5.32 Å². The Bertz CT molecular complexity index is 650. The average Bonchev–Trinajstić information content (AvgIpc) is 2.36. The van der Waals surface area contributed by atoms with Gasteiger partial charge in [-0.05, 0) is 24.3 Å². The first kappa shape index (κ1) is 13.7. The highest BCUT2D eigenvalue weighted by Crippen LogP contribution is 2.21. The van der Waals surface area contributed by atoms with Crippen LogP contribution in [-0.4, -0.2) is 10.9 Å². The van der Waals surface area contributed by atoms with E-state index >= 15 is 0 Å². The van der Waals surface area contributed by atoms with Crippen LogP contribution in [0.25, 0.3) is 0 Å². The third kappa shape index (κ3) is 3.19. The lowest BCUT2D eigenvalue weighted by Crippen LogP contribution is -2.14. The van der Waals surface area contributed by atoms with Gasteiger partial charge in [-0.1, -0.05) is 23.2 Å². The molecule has 7 heteroatoms. The highest BCUT2D eigenvalue weighted by Gasteiger charge is 2.15. The monoisotopic (exact) mass is 302 g/mol. The first-order chi connectivity index (χ1) is 8.97. The summed E-state index contributed by atoms with van der Waals surface area (Å²) in [5.74, 6) is -2.17. The van der Waals surface area contributed by atoms with Crippen LogP contribution in [0.2, 0.25) is 10.2 Å². The topological polar surface area (TPSA) is 42.0 Å². The van der Waals surface area contributed by atoms with Gasteiger partial charge in [0.15, 0.2) is 0 Å². The molecule has 0 saturated heterocycles. The molecule has 0 aliphatic heterocycles. The van der Waals surface area contributed by atoms with E-state index in [1.807, 2.05) is 0 Å². The number of nitrogens with zero attached hydrogens (tertiary/aromatic N) is 1. The molecule has 0 saturated carbocycles. The van der Waals surface area contributed by atoms with E-state index in [4.69, 9.17) is 23.2 Å². The Morgan fingerprint density at radius 2 is 1.95 bits per heavy atom. The molecule has 3 nitrogen and oxygen atoms in total. The van der Waals surface area contributed by atoms with Crippen molar-refractivity contribution in [3.8, 4) is 0 Å². The van der Waals surface area contributed by atoms with Gasteiger partial charge in [-0.15, -0.1) is 0 Å². The summed E-state index contributed by atoms with van der Waals surface area (Å²) in [7, 11) is 0. The molecular weight excluding hydrogens is 297 g/mol. The van der Waals surface area contributed by atoms with Gasteiger partial charge in [-0.25, -0.2) is 13.8 Å². The molecule has 0 aliphatic rings. The van der Waals surface area contributed by atoms with E-state index in [-0.39, 0.29) is 21.4 Å². The Labute approximate surface area is 117 Å². The van der Waals surface area contributed by atoms with Gasteiger partial charge < -0.3 is 5.32 Å². The van der Waals surface area contributed by atoms with Crippen molar-refractivity contribution in [2.45, 2.75) is 0 Å². The summed E-state index contributed by atoms with van der Waals surface area (Å²) in [4.78, 5) is 15.3. The van der Waals surface area contributed by atoms with Crippen LogP contribution in [0, 0.1) is 11.6 Å². The minimum atomic E-state index is -0.779. The van der Waals surface area contributed by atoms with Crippen molar-refractivity contribution < 1.29 is 13.6 Å². The summed E-state index contributed by atoms with van der Waals surface area (Å²) in [6, 6.07) is 4.58. The van der Waals surface area contributed by atoms with Crippen LogP contribution in [0.4, 0.5) is 14.5 Å². The maximum atomic E-state index is 13.4. The summed E-state index contributed by atoms with van der Waals surface area (Å²) >= 11 is 11.4. The second kappa shape index (κ2) is 5.50. The molecule has 2 rings (SSSR count). The van der Waals surface area contributed by atoms with Crippen molar-refractivity contribution in [3.63, 3.8) is 0 Å². The van der Waals surface area contributed by atoms with Gasteiger partial charge in [0.2, 0.25) is 0 Å². The highest BCUT2D eigenvalue weighted by molar-refractivity contribution is 6.33. The maximum absolute atomic E-state index is 13.4. The number of amides is 1. The van der Waals surface area contributed by atoms with E-state index in [0.717, 1.165) is 18.3 Å². The van der Waals surface area contributed by atoms with Gasteiger partial charge in [0.05, 0.1) is 17.4 Å². The lowest BCUT2D eigenvalue weighted by Gasteiger charge is -2.07. The lowest BCUT2D eigenvalue weighted by atomic mass is 10.2. The van der Waals surface area contributed by atoms with E-state index in [0.29, 0.717) is 0 Å². The summed E-state index contributed by atoms with van der Waals surface area (Å²) in [5.41, 5.74) is -0.320. The normalized spacial score (nSPS) is 10.3. The Morgan fingerprint density at radius 1 is 1.21 bits per heavy atom. The van der Waals surface area contributed by atoms with Crippen molar-refractivity contribution in [1.82, 2.24) is 4.98 Å². The van der Waals surface area contributed by atoms with Crippen molar-refractivity contribution >= 4 is 34.8 Å². The number of carbonyl (C=O) groups is 1. The molecule has 2 aromatic rings. The Balaban J connectivity index is 2.30. The summed E-state index contributed by atoms with van der Waals surface area (Å²) in [5, 5.41) is 2.32. The second-order valence-electron chi connectivity index (χ2n) is 3.57. The number of halogens is 4. The van der Waals surface area contributed by atoms with Crippen LogP contribution < -0.4 is 5.32 Å². The number of hydrogen-bond donors (Lipinski definition) is 1. The largest absolute Gasteiger partial charge is 0.319 e. The lowest BCUT2D eigenvalue weighted by molar-refractivity contribution is 0.102. The second-order valence-corrected chi connectivity index (χ2v) is 4.36. The molecule has 0 aliphatic carbocycles. The number of aromatic nitrogens is 1. The Morgan fingerprint density at radius 3 is 2.68 bits per heavy atom. The SMILES string of the molecule is O=C(Nc1cc(Cl)ccc1F)c1cc(F)cnc1Cl. The van der Waals surface area contributed by atoms with Crippen LogP contribution in [0.1, 0.15) is 10.4 Å². The van der Waals surface area contributed by atoms with Gasteiger partial charge in [0.1, 0.15) is 16.8 Å². The van der Waals surface area contributed by atoms with Crippen LogP contribution in [0.15, 0.2) is 30.5 Å². The first-order valence-corrected chi connectivity index (χ1v) is 5.80. The van der Waals surface area contributed by atoms with E-state index < -0.39 is 17.5 Å². The highest BCUT2D eigenvalue weighted by atomic mass is 35.5. The minimum absolute atomic E-state index is 0.127. The van der Waals surface area contributed by atoms with Crippen LogP contribution >= 0.6 is 23.2 Å². The zero-order valence-electron chi connectivity index (χ0n) is 9.25. The molecule has 1 aromatic heterocycles. The fourth-order valence-electron chi connectivity index (χ4n) is 1.36. The summed E-state index contributed by atoms with van der Waals surface area (Å²) in [6.45, 7) is 0. The number of hydrogen-bond acceptors (Lipinski definition) is 2. The molecule has 1 aromatic carbocycles. The molecule has 0 radical (unpaired) electrons. The molecule has 0 atom stereocenters. The molecule has 1 heterocycles. The number of benzene rings is 1. The van der Waals surface area contributed by atoms with E-state index in [1.54, 1.807) is 0 Å². The van der Waals surface area contributed by atoms with Crippen LogP contribution in [0.5, 0.6) is 0 Å². The van der Waals surface area contributed by atoms with Gasteiger partial charge in [0.25, 0.3) is 5.91 Å². The molecular formula is C12H6Cl2F2N2O. The van der Waals surface area contributed by atoms with E-state index in [2.05, 4.69) is 10.3 Å². The minimum Gasteiger partial charge on any atom is -0.319 e. The molecule has 1 N–H and O–H groups in total. The molecule has 19 heavy (non-hydrogen) atoms. The number of rotatable bonds is 2. The smallest absolute Gasteiger partial charge is 0.258 e. The predicted molar refractivity (Wildman–Crippen MR) is 68.6 cm³/mol. The van der Waals surface area contributed by atoms with Crippen molar-refractivity contribution in [2.24, 2.45) is 0 Å². The molecule has 0 unspecified atom stereocenters. The zero-order valence-corrected chi connectivity index (χ0v) is 10.8. The third-order valence-electron chi connectivity index (χ3n) is 2.23. The molecule has 0 spiro atoms. The maximum Gasteiger partial charge on any atom is 0.258 e. The number of pyridine rings is 1. The van der Waals surface area contributed by atoms with Crippen molar-refractivity contribution in [1.29, 1.82) is 0 Å². The quantitative estimate of drug-likeness (QED) is 0.854. The Kier molecular flexibility index (Phi) is 3.97.